The Labute approximate surface area is 161 Å². The highest BCUT2D eigenvalue weighted by Gasteiger charge is 2.25. The van der Waals surface area contributed by atoms with E-state index in [1.54, 1.807) is 0 Å². The first-order valence-electron chi connectivity index (χ1n) is 10.0. The number of aromatic amines is 1. The molecule has 0 saturated heterocycles. The summed E-state index contributed by atoms with van der Waals surface area (Å²) in [4.78, 5) is 17.4. The van der Waals surface area contributed by atoms with Gasteiger partial charge >= 0.3 is 0 Å². The summed E-state index contributed by atoms with van der Waals surface area (Å²) in [6.45, 7) is 3.16. The molecule has 0 radical (unpaired) electrons. The fourth-order valence-electron chi connectivity index (χ4n) is 4.01. The summed E-state index contributed by atoms with van der Waals surface area (Å²) in [5, 5.41) is 1.74. The van der Waals surface area contributed by atoms with Gasteiger partial charge in [0.2, 0.25) is 0 Å². The molecule has 1 saturated carbocycles. The molecule has 1 N–H and O–H groups in total. The van der Waals surface area contributed by atoms with Crippen LogP contribution < -0.4 is 5.56 Å². The third kappa shape index (κ3) is 4.72. The first-order chi connectivity index (χ1) is 12.6. The van der Waals surface area contributed by atoms with Crippen LogP contribution in [0, 0.1) is 5.92 Å². The van der Waals surface area contributed by atoms with Crippen molar-refractivity contribution in [1.82, 2.24) is 9.88 Å². The summed E-state index contributed by atoms with van der Waals surface area (Å²) in [5.74, 6) is 1.94. The van der Waals surface area contributed by atoms with E-state index in [2.05, 4.69) is 60.0 Å². The van der Waals surface area contributed by atoms with Crippen molar-refractivity contribution >= 4 is 22.7 Å². The van der Waals surface area contributed by atoms with Gasteiger partial charge in [0.1, 0.15) is 0 Å². The van der Waals surface area contributed by atoms with Crippen molar-refractivity contribution in [2.45, 2.75) is 50.7 Å². The molecule has 3 nitrogen and oxygen atoms in total. The molecule has 0 spiro atoms. The Kier molecular flexibility index (Phi) is 6.82. The van der Waals surface area contributed by atoms with E-state index in [-0.39, 0.29) is 5.56 Å². The number of fused-ring (bicyclic) bond motifs is 1. The maximum absolute atomic E-state index is 12.1. The molecule has 1 unspecified atom stereocenters. The summed E-state index contributed by atoms with van der Waals surface area (Å²) >= 11 is 2.12. The van der Waals surface area contributed by atoms with Crippen LogP contribution in [0.4, 0.5) is 0 Å². The molecule has 1 aromatic carbocycles. The van der Waals surface area contributed by atoms with E-state index in [1.807, 2.05) is 6.92 Å². The number of aryl methyl sites for hydroxylation is 1. The van der Waals surface area contributed by atoms with Gasteiger partial charge in [-0.1, -0.05) is 32.3 Å². The van der Waals surface area contributed by atoms with Gasteiger partial charge in [-0.05, 0) is 68.4 Å². The Hall–Kier alpha value is -1.26. The highest BCUT2D eigenvalue weighted by Crippen LogP contribution is 2.43. The fraction of sp³-hybridized carbons (Fsp3) is 0.591. The van der Waals surface area contributed by atoms with Crippen LogP contribution in [-0.4, -0.2) is 36.3 Å². The van der Waals surface area contributed by atoms with Gasteiger partial charge in [0.05, 0.1) is 0 Å². The summed E-state index contributed by atoms with van der Waals surface area (Å²) in [7, 11) is 4.30. The molecule has 4 heteroatoms. The molecule has 1 heterocycles. The highest BCUT2D eigenvalue weighted by molar-refractivity contribution is 7.99. The number of benzene rings is 1. The van der Waals surface area contributed by atoms with Crippen molar-refractivity contribution in [3.8, 4) is 0 Å². The third-order valence-electron chi connectivity index (χ3n) is 5.57. The Bertz CT molecular complexity index is 777. The Morgan fingerprint density at radius 1 is 1.19 bits per heavy atom. The van der Waals surface area contributed by atoms with Crippen LogP contribution in [0.3, 0.4) is 0 Å². The topological polar surface area (TPSA) is 36.1 Å². The molecule has 0 bridgehead atoms. The van der Waals surface area contributed by atoms with E-state index in [9.17, 15) is 4.79 Å². The van der Waals surface area contributed by atoms with Gasteiger partial charge in [0, 0.05) is 28.6 Å². The quantitative estimate of drug-likeness (QED) is 0.742. The lowest BCUT2D eigenvalue weighted by atomic mass is 9.84. The number of aromatic nitrogens is 1. The van der Waals surface area contributed by atoms with Gasteiger partial charge in [-0.25, -0.2) is 0 Å². The highest BCUT2D eigenvalue weighted by atomic mass is 32.2. The zero-order valence-electron chi connectivity index (χ0n) is 16.4. The lowest BCUT2D eigenvalue weighted by Gasteiger charge is -2.31. The zero-order valence-corrected chi connectivity index (χ0v) is 17.2. The summed E-state index contributed by atoms with van der Waals surface area (Å²) in [6, 6.07) is 8.76. The molecule has 1 aliphatic rings. The second-order valence-electron chi connectivity index (χ2n) is 7.82. The average Bonchev–Trinajstić information content (AvgIpc) is 2.65. The minimum Gasteiger partial charge on any atom is -0.322 e. The number of nitrogens with zero attached hydrogens (tertiary/aromatic N) is 1. The fourth-order valence-corrected chi connectivity index (χ4v) is 5.62. The van der Waals surface area contributed by atoms with E-state index in [1.165, 1.54) is 43.1 Å². The molecule has 0 aliphatic heterocycles. The van der Waals surface area contributed by atoms with Gasteiger partial charge in [0.25, 0.3) is 5.56 Å². The predicted octanol–water partition coefficient (Wildman–Crippen LogP) is 5.01. The number of pyridine rings is 1. The minimum absolute atomic E-state index is 0.0527. The van der Waals surface area contributed by atoms with E-state index < -0.39 is 0 Å². The lowest BCUT2D eigenvalue weighted by molar-refractivity contribution is 0.351. The zero-order chi connectivity index (χ0) is 18.5. The van der Waals surface area contributed by atoms with Crippen LogP contribution in [0.2, 0.25) is 0 Å². The van der Waals surface area contributed by atoms with Crippen molar-refractivity contribution in [3.63, 3.8) is 0 Å². The van der Waals surface area contributed by atoms with Gasteiger partial charge in [-0.15, -0.1) is 0 Å². The monoisotopic (exact) mass is 372 g/mol. The van der Waals surface area contributed by atoms with Crippen molar-refractivity contribution < 1.29 is 0 Å². The van der Waals surface area contributed by atoms with Gasteiger partial charge in [-0.3, -0.25) is 4.79 Å². The molecule has 1 atom stereocenters. The van der Waals surface area contributed by atoms with Crippen LogP contribution in [0.1, 0.15) is 55.4 Å². The average molecular weight is 373 g/mol. The number of rotatable bonds is 7. The molecule has 0 amide bonds. The van der Waals surface area contributed by atoms with Gasteiger partial charge < -0.3 is 9.88 Å². The van der Waals surface area contributed by atoms with Crippen molar-refractivity contribution in [2.75, 3.05) is 26.4 Å². The van der Waals surface area contributed by atoms with Gasteiger partial charge in [-0.2, -0.15) is 11.8 Å². The van der Waals surface area contributed by atoms with E-state index in [0.29, 0.717) is 5.25 Å². The number of nitrogens with one attached hydrogen (secondary N) is 1. The Morgan fingerprint density at radius 2 is 1.96 bits per heavy atom. The second kappa shape index (κ2) is 9.09. The first kappa shape index (κ1) is 19.5. The lowest BCUT2D eigenvalue weighted by Crippen LogP contribution is -2.19. The van der Waals surface area contributed by atoms with Crippen molar-refractivity contribution in [3.05, 3.63) is 45.7 Å². The van der Waals surface area contributed by atoms with Crippen LogP contribution >= 0.6 is 11.8 Å². The third-order valence-corrected chi connectivity index (χ3v) is 7.00. The molecular weight excluding hydrogens is 340 g/mol. The van der Waals surface area contributed by atoms with Crippen LogP contribution in [0.15, 0.2) is 29.1 Å². The normalized spacial score (nSPS) is 17.1. The molecule has 26 heavy (non-hydrogen) atoms. The van der Waals surface area contributed by atoms with Crippen molar-refractivity contribution in [1.29, 1.82) is 0 Å². The van der Waals surface area contributed by atoms with Crippen molar-refractivity contribution in [2.24, 2.45) is 5.92 Å². The molecule has 3 rings (SSSR count). The number of hydrogen-bond donors (Lipinski definition) is 1. The number of thioether (sulfide) groups is 1. The van der Waals surface area contributed by atoms with Crippen LogP contribution in [-0.2, 0) is 6.42 Å². The molecule has 1 aromatic heterocycles. The number of H-pyrrole nitrogens is 1. The second-order valence-corrected chi connectivity index (χ2v) is 9.07. The van der Waals surface area contributed by atoms with E-state index in [0.717, 1.165) is 35.7 Å². The Morgan fingerprint density at radius 3 is 2.65 bits per heavy atom. The Balaban J connectivity index is 1.90. The molecule has 1 aliphatic carbocycles. The molecule has 2 aromatic rings. The smallest absolute Gasteiger partial charge is 0.251 e. The minimum atomic E-state index is 0.0527. The number of hydrogen-bond acceptors (Lipinski definition) is 3. The standard InChI is InChI=1S/C22H32N2OS/c1-4-16-14-19-15-18(10-11-20(19)23-22(16)25)21(26-13-12-24(2)3)17-8-6-5-7-9-17/h10-11,14-15,17,21H,4-9,12-13H2,1-3H3,(H,23,25). The maximum atomic E-state index is 12.1. The molecule has 142 valence electrons. The SMILES string of the molecule is CCc1cc2cc(C(SCCN(C)C)C3CCCCC3)ccc2[nH]c1=O. The molecular formula is C22H32N2OS. The predicted molar refractivity (Wildman–Crippen MR) is 114 cm³/mol. The van der Waals surface area contributed by atoms with Gasteiger partial charge in [0.15, 0.2) is 0 Å². The molecule has 1 fully saturated rings. The summed E-state index contributed by atoms with van der Waals surface area (Å²) in [5.41, 5.74) is 3.32. The summed E-state index contributed by atoms with van der Waals surface area (Å²) < 4.78 is 0. The van der Waals surface area contributed by atoms with E-state index in [4.69, 9.17) is 0 Å². The maximum Gasteiger partial charge on any atom is 0.251 e. The largest absolute Gasteiger partial charge is 0.322 e. The van der Waals surface area contributed by atoms with Crippen LogP contribution in [0.25, 0.3) is 10.9 Å². The summed E-state index contributed by atoms with van der Waals surface area (Å²) in [6.07, 6.45) is 7.61. The first-order valence-corrected chi connectivity index (χ1v) is 11.1. The van der Waals surface area contributed by atoms with E-state index >= 15 is 0 Å². The van der Waals surface area contributed by atoms with Crippen LogP contribution in [0.5, 0.6) is 0 Å².